The fourth-order valence-electron chi connectivity index (χ4n) is 3.37. The third kappa shape index (κ3) is 2.79. The molecule has 1 aliphatic heterocycles. The van der Waals surface area contributed by atoms with Crippen molar-refractivity contribution in [3.8, 4) is 0 Å². The molecule has 1 aliphatic carbocycles. The molecule has 2 atom stereocenters. The Labute approximate surface area is 131 Å². The molecule has 0 aromatic heterocycles. The highest BCUT2D eigenvalue weighted by molar-refractivity contribution is 6.35. The van der Waals surface area contributed by atoms with E-state index in [0.29, 0.717) is 16.1 Å². The van der Waals surface area contributed by atoms with Crippen LogP contribution < -0.4 is 10.2 Å². The monoisotopic (exact) mass is 312 g/mol. The summed E-state index contributed by atoms with van der Waals surface area (Å²) in [4.78, 5) is 2.49. The van der Waals surface area contributed by atoms with Crippen LogP contribution in [0.25, 0.3) is 0 Å². The van der Waals surface area contributed by atoms with E-state index in [0.717, 1.165) is 31.1 Å². The second-order valence-electron chi connectivity index (χ2n) is 6.39. The van der Waals surface area contributed by atoms with E-state index in [-0.39, 0.29) is 5.54 Å². The van der Waals surface area contributed by atoms with Crippen LogP contribution in [0.4, 0.5) is 5.69 Å². The fraction of sp³-hybridized carbons (Fsp3) is 0.625. The van der Waals surface area contributed by atoms with Crippen molar-refractivity contribution in [2.75, 3.05) is 18.0 Å². The fourth-order valence-corrected chi connectivity index (χ4v) is 3.88. The molecule has 1 aromatic carbocycles. The first-order valence-electron chi connectivity index (χ1n) is 7.49. The van der Waals surface area contributed by atoms with E-state index >= 15 is 0 Å². The topological polar surface area (TPSA) is 15.3 Å². The van der Waals surface area contributed by atoms with Crippen LogP contribution in [-0.4, -0.2) is 24.7 Å². The summed E-state index contributed by atoms with van der Waals surface area (Å²) in [6.45, 7) is 6.67. The van der Waals surface area contributed by atoms with Gasteiger partial charge in [0.2, 0.25) is 0 Å². The number of hydrogen-bond acceptors (Lipinski definition) is 2. The Kier molecular flexibility index (Phi) is 3.91. The van der Waals surface area contributed by atoms with E-state index in [1.54, 1.807) is 6.07 Å². The largest absolute Gasteiger partial charge is 0.365 e. The second kappa shape index (κ2) is 5.40. The Morgan fingerprint density at radius 3 is 2.45 bits per heavy atom. The van der Waals surface area contributed by atoms with Crippen LogP contribution in [0.3, 0.4) is 0 Å². The van der Waals surface area contributed by atoms with E-state index in [1.807, 2.05) is 12.1 Å². The van der Waals surface area contributed by atoms with Crippen molar-refractivity contribution in [1.82, 2.24) is 5.32 Å². The molecule has 0 amide bonds. The number of nitrogens with one attached hydrogen (secondary N) is 1. The molecule has 0 spiro atoms. The summed E-state index contributed by atoms with van der Waals surface area (Å²) < 4.78 is 0. The van der Waals surface area contributed by atoms with Gasteiger partial charge >= 0.3 is 0 Å². The molecular weight excluding hydrogens is 291 g/mol. The minimum absolute atomic E-state index is 0.223. The van der Waals surface area contributed by atoms with E-state index < -0.39 is 0 Å². The molecular formula is C16H22Cl2N2. The third-order valence-corrected chi connectivity index (χ3v) is 5.25. The number of halogens is 2. The molecule has 0 bridgehead atoms. The van der Waals surface area contributed by atoms with E-state index in [4.69, 9.17) is 23.2 Å². The van der Waals surface area contributed by atoms with Crippen molar-refractivity contribution in [2.24, 2.45) is 5.92 Å². The van der Waals surface area contributed by atoms with Crippen molar-refractivity contribution in [3.63, 3.8) is 0 Å². The zero-order valence-corrected chi connectivity index (χ0v) is 13.6. The molecule has 2 fully saturated rings. The number of hydrogen-bond donors (Lipinski definition) is 1. The third-order valence-electron chi connectivity index (χ3n) is 4.81. The highest BCUT2D eigenvalue weighted by Gasteiger charge is 2.45. The van der Waals surface area contributed by atoms with Gasteiger partial charge in [0.15, 0.2) is 0 Å². The smallest absolute Gasteiger partial charge is 0.0441 e. The molecule has 1 aromatic rings. The molecule has 2 unspecified atom stereocenters. The van der Waals surface area contributed by atoms with Gasteiger partial charge < -0.3 is 10.2 Å². The lowest BCUT2D eigenvalue weighted by molar-refractivity contribution is 0.252. The Morgan fingerprint density at radius 1 is 1.25 bits per heavy atom. The van der Waals surface area contributed by atoms with Crippen LogP contribution in [0.1, 0.15) is 33.1 Å². The lowest BCUT2D eigenvalue weighted by Crippen LogP contribution is -2.64. The van der Waals surface area contributed by atoms with Gasteiger partial charge in [0.25, 0.3) is 0 Å². The highest BCUT2D eigenvalue weighted by atomic mass is 35.5. The lowest BCUT2D eigenvalue weighted by atomic mass is 9.90. The van der Waals surface area contributed by atoms with Crippen LogP contribution in [-0.2, 0) is 0 Å². The summed E-state index contributed by atoms with van der Waals surface area (Å²) in [5.41, 5.74) is 1.38. The van der Waals surface area contributed by atoms with Gasteiger partial charge in [-0.2, -0.15) is 0 Å². The van der Waals surface area contributed by atoms with Crippen LogP contribution >= 0.6 is 23.2 Å². The maximum absolute atomic E-state index is 6.18. The van der Waals surface area contributed by atoms with Gasteiger partial charge in [0.1, 0.15) is 0 Å². The standard InChI is InChI=1S/C16H22Cl2N2/c1-3-14-9-19-16(2,11-4-5-11)10-20(14)15-7-12(17)6-13(18)8-15/h6-8,11,14,19H,3-5,9-10H2,1-2H3. The van der Waals surface area contributed by atoms with Gasteiger partial charge in [-0.1, -0.05) is 30.1 Å². The summed E-state index contributed by atoms with van der Waals surface area (Å²) in [5.74, 6) is 0.817. The summed E-state index contributed by atoms with van der Waals surface area (Å²) >= 11 is 12.4. The van der Waals surface area contributed by atoms with Crippen molar-refractivity contribution >= 4 is 28.9 Å². The normalized spacial score (nSPS) is 30.6. The van der Waals surface area contributed by atoms with Gasteiger partial charge in [-0.25, -0.2) is 0 Å². The molecule has 1 saturated heterocycles. The summed E-state index contributed by atoms with van der Waals surface area (Å²) in [6, 6.07) is 6.38. The molecule has 110 valence electrons. The maximum atomic E-state index is 6.18. The van der Waals surface area contributed by atoms with E-state index in [9.17, 15) is 0 Å². The molecule has 2 nitrogen and oxygen atoms in total. The summed E-state index contributed by atoms with van der Waals surface area (Å²) in [5, 5.41) is 5.21. The zero-order chi connectivity index (χ0) is 14.3. The van der Waals surface area contributed by atoms with Crippen molar-refractivity contribution in [1.29, 1.82) is 0 Å². The van der Waals surface area contributed by atoms with Crippen molar-refractivity contribution in [3.05, 3.63) is 28.2 Å². The molecule has 4 heteroatoms. The van der Waals surface area contributed by atoms with Crippen LogP contribution in [0.2, 0.25) is 10.0 Å². The average Bonchev–Trinajstić information content (AvgIpc) is 3.22. The second-order valence-corrected chi connectivity index (χ2v) is 7.26. The van der Waals surface area contributed by atoms with E-state index in [1.165, 1.54) is 12.8 Å². The van der Waals surface area contributed by atoms with Gasteiger partial charge in [0, 0.05) is 40.4 Å². The minimum Gasteiger partial charge on any atom is -0.365 e. The van der Waals surface area contributed by atoms with Crippen molar-refractivity contribution in [2.45, 2.75) is 44.7 Å². The maximum Gasteiger partial charge on any atom is 0.0441 e. The molecule has 1 saturated carbocycles. The molecule has 3 rings (SSSR count). The first kappa shape index (κ1) is 14.5. The molecule has 1 heterocycles. The number of nitrogens with zero attached hydrogens (tertiary/aromatic N) is 1. The molecule has 1 N–H and O–H groups in total. The van der Waals surface area contributed by atoms with Gasteiger partial charge in [0.05, 0.1) is 0 Å². The number of piperazine rings is 1. The van der Waals surface area contributed by atoms with Gasteiger partial charge in [-0.3, -0.25) is 0 Å². The van der Waals surface area contributed by atoms with Crippen LogP contribution in [0, 0.1) is 5.92 Å². The first-order valence-corrected chi connectivity index (χ1v) is 8.25. The Bertz CT molecular complexity index is 481. The predicted octanol–water partition coefficient (Wildman–Crippen LogP) is 4.35. The van der Waals surface area contributed by atoms with Crippen molar-refractivity contribution < 1.29 is 0 Å². The van der Waals surface area contributed by atoms with E-state index in [2.05, 4.69) is 24.1 Å². The van der Waals surface area contributed by atoms with Gasteiger partial charge in [-0.15, -0.1) is 0 Å². The average molecular weight is 313 g/mol. The Hall–Kier alpha value is -0.440. The first-order chi connectivity index (χ1) is 9.51. The minimum atomic E-state index is 0.223. The Morgan fingerprint density at radius 2 is 1.90 bits per heavy atom. The quantitative estimate of drug-likeness (QED) is 0.892. The Balaban J connectivity index is 1.90. The van der Waals surface area contributed by atoms with Gasteiger partial charge in [-0.05, 0) is 50.3 Å². The summed E-state index contributed by atoms with van der Waals surface area (Å²) in [7, 11) is 0. The van der Waals surface area contributed by atoms with Crippen LogP contribution in [0.5, 0.6) is 0 Å². The summed E-state index contributed by atoms with van der Waals surface area (Å²) in [6.07, 6.45) is 3.83. The SMILES string of the molecule is CCC1CNC(C)(C2CC2)CN1c1cc(Cl)cc(Cl)c1. The highest BCUT2D eigenvalue weighted by Crippen LogP contribution is 2.42. The number of rotatable bonds is 3. The zero-order valence-electron chi connectivity index (χ0n) is 12.1. The molecule has 2 aliphatic rings. The lowest BCUT2D eigenvalue weighted by Gasteiger charge is -2.48. The molecule has 20 heavy (non-hydrogen) atoms. The molecule has 0 radical (unpaired) electrons. The number of benzene rings is 1. The number of anilines is 1. The van der Waals surface area contributed by atoms with Crippen LogP contribution in [0.15, 0.2) is 18.2 Å². The predicted molar refractivity (Wildman–Crippen MR) is 87.0 cm³/mol.